The first-order chi connectivity index (χ1) is 10.8. The van der Waals surface area contributed by atoms with E-state index in [1.807, 2.05) is 13.8 Å². The van der Waals surface area contributed by atoms with Gasteiger partial charge in [-0.2, -0.15) is 0 Å². The van der Waals surface area contributed by atoms with Crippen LogP contribution in [0.2, 0.25) is 5.02 Å². The van der Waals surface area contributed by atoms with Crippen molar-refractivity contribution >= 4 is 17.6 Å². The van der Waals surface area contributed by atoms with Crippen LogP contribution in [-0.2, 0) is 0 Å². The molecule has 5 nitrogen and oxygen atoms in total. The summed E-state index contributed by atoms with van der Waals surface area (Å²) in [5.74, 6) is -1.51. The molecule has 0 spiro atoms. The van der Waals surface area contributed by atoms with Crippen LogP contribution in [-0.4, -0.2) is 22.2 Å². The third-order valence-corrected chi connectivity index (χ3v) is 3.13. The van der Waals surface area contributed by atoms with Gasteiger partial charge in [-0.1, -0.05) is 11.6 Å². The first kappa shape index (κ1) is 17.0. The van der Waals surface area contributed by atoms with E-state index in [9.17, 15) is 9.18 Å². The van der Waals surface area contributed by atoms with Gasteiger partial charge in [0.05, 0.1) is 22.9 Å². The first-order valence-corrected chi connectivity index (χ1v) is 7.19. The predicted octanol–water partition coefficient (Wildman–Crippen LogP) is 4.46. The number of halogens is 2. The van der Waals surface area contributed by atoms with E-state index < -0.39 is 17.3 Å². The standard InChI is InChI=1S/C16H15ClFNO4/c1-8(2)22-15-9(3)4-10(7-19-15)23-14-6-13(18)11(16(20)21)5-12(14)17/h4-8H,1-3H3,(H,20,21). The van der Waals surface area contributed by atoms with E-state index in [1.54, 1.807) is 13.0 Å². The van der Waals surface area contributed by atoms with E-state index in [0.29, 0.717) is 11.6 Å². The van der Waals surface area contributed by atoms with E-state index >= 15 is 0 Å². The minimum absolute atomic E-state index is 0.00731. The number of aryl methyl sites for hydroxylation is 1. The monoisotopic (exact) mass is 339 g/mol. The van der Waals surface area contributed by atoms with E-state index in [2.05, 4.69) is 4.98 Å². The summed E-state index contributed by atoms with van der Waals surface area (Å²) in [6.07, 6.45) is 1.41. The SMILES string of the molecule is Cc1cc(Oc2cc(F)c(C(=O)O)cc2Cl)cnc1OC(C)C. The zero-order chi connectivity index (χ0) is 17.1. The molecule has 2 rings (SSSR count). The van der Waals surface area contributed by atoms with Crippen molar-refractivity contribution in [3.05, 3.63) is 46.4 Å². The molecule has 0 aliphatic rings. The highest BCUT2D eigenvalue weighted by Crippen LogP contribution is 2.33. The lowest BCUT2D eigenvalue weighted by atomic mass is 10.2. The summed E-state index contributed by atoms with van der Waals surface area (Å²) in [4.78, 5) is 15.0. The van der Waals surface area contributed by atoms with Crippen LogP contribution in [0.3, 0.4) is 0 Å². The highest BCUT2D eigenvalue weighted by Gasteiger charge is 2.16. The molecule has 0 saturated heterocycles. The molecule has 122 valence electrons. The number of nitrogens with zero attached hydrogens (tertiary/aromatic N) is 1. The number of benzene rings is 1. The summed E-state index contributed by atoms with van der Waals surface area (Å²) in [5.41, 5.74) is 0.229. The van der Waals surface area contributed by atoms with E-state index in [-0.39, 0.29) is 16.9 Å². The molecule has 0 unspecified atom stereocenters. The first-order valence-electron chi connectivity index (χ1n) is 6.81. The van der Waals surface area contributed by atoms with Crippen LogP contribution in [0, 0.1) is 12.7 Å². The fraction of sp³-hybridized carbons (Fsp3) is 0.250. The van der Waals surface area contributed by atoms with Gasteiger partial charge in [0, 0.05) is 11.6 Å². The van der Waals surface area contributed by atoms with Gasteiger partial charge in [0.25, 0.3) is 0 Å². The molecular weight excluding hydrogens is 325 g/mol. The largest absolute Gasteiger partial charge is 0.478 e. The molecule has 7 heteroatoms. The minimum atomic E-state index is -1.40. The molecular formula is C16H15ClFNO4. The van der Waals surface area contributed by atoms with Gasteiger partial charge in [0.2, 0.25) is 5.88 Å². The average molecular weight is 340 g/mol. The second kappa shape index (κ2) is 6.83. The highest BCUT2D eigenvalue weighted by atomic mass is 35.5. The molecule has 0 saturated carbocycles. The highest BCUT2D eigenvalue weighted by molar-refractivity contribution is 6.32. The number of carboxylic acids is 1. The molecule has 0 bridgehead atoms. The topological polar surface area (TPSA) is 68.7 Å². The van der Waals surface area contributed by atoms with Crippen LogP contribution in [0.25, 0.3) is 0 Å². The lowest BCUT2D eigenvalue weighted by Crippen LogP contribution is -2.08. The summed E-state index contributed by atoms with van der Waals surface area (Å²) in [6.45, 7) is 5.57. The van der Waals surface area contributed by atoms with Crippen LogP contribution in [0.5, 0.6) is 17.4 Å². The van der Waals surface area contributed by atoms with Gasteiger partial charge < -0.3 is 14.6 Å². The van der Waals surface area contributed by atoms with Crippen molar-refractivity contribution in [2.24, 2.45) is 0 Å². The second-order valence-corrected chi connectivity index (χ2v) is 5.54. The summed E-state index contributed by atoms with van der Waals surface area (Å²) in [7, 11) is 0. The van der Waals surface area contributed by atoms with Crippen molar-refractivity contribution in [2.45, 2.75) is 26.9 Å². The molecule has 2 aromatic rings. The van der Waals surface area contributed by atoms with Gasteiger partial charge >= 0.3 is 5.97 Å². The Kier molecular flexibility index (Phi) is 5.05. The van der Waals surface area contributed by atoms with Crippen molar-refractivity contribution in [1.29, 1.82) is 0 Å². The Morgan fingerprint density at radius 3 is 2.61 bits per heavy atom. The molecule has 1 aromatic heterocycles. The van der Waals surface area contributed by atoms with E-state index in [4.69, 9.17) is 26.2 Å². The van der Waals surface area contributed by atoms with E-state index in [0.717, 1.165) is 17.7 Å². The number of aromatic carboxylic acids is 1. The fourth-order valence-electron chi connectivity index (χ4n) is 1.84. The lowest BCUT2D eigenvalue weighted by molar-refractivity contribution is 0.0692. The van der Waals surface area contributed by atoms with Crippen molar-refractivity contribution < 1.29 is 23.8 Å². The number of pyridine rings is 1. The van der Waals surface area contributed by atoms with Gasteiger partial charge in [-0.3, -0.25) is 0 Å². The molecule has 0 aliphatic carbocycles. The number of hydrogen-bond acceptors (Lipinski definition) is 4. The Morgan fingerprint density at radius 1 is 1.35 bits per heavy atom. The number of aromatic nitrogens is 1. The number of ether oxygens (including phenoxy) is 2. The van der Waals surface area contributed by atoms with Crippen molar-refractivity contribution in [2.75, 3.05) is 0 Å². The Morgan fingerprint density at radius 2 is 2.04 bits per heavy atom. The van der Waals surface area contributed by atoms with Crippen LogP contribution in [0.1, 0.15) is 29.8 Å². The normalized spacial score (nSPS) is 10.7. The van der Waals surface area contributed by atoms with Crippen LogP contribution < -0.4 is 9.47 Å². The lowest BCUT2D eigenvalue weighted by Gasteiger charge is -2.13. The number of rotatable bonds is 5. The zero-order valence-electron chi connectivity index (χ0n) is 12.8. The van der Waals surface area contributed by atoms with Crippen LogP contribution in [0.15, 0.2) is 24.4 Å². The van der Waals surface area contributed by atoms with Crippen molar-refractivity contribution in [3.63, 3.8) is 0 Å². The molecule has 1 aromatic carbocycles. The number of carbonyl (C=O) groups is 1. The van der Waals surface area contributed by atoms with Crippen molar-refractivity contribution in [3.8, 4) is 17.4 Å². The van der Waals surface area contributed by atoms with E-state index in [1.165, 1.54) is 6.20 Å². The number of carboxylic acid groups (broad SMARTS) is 1. The molecule has 0 aliphatic heterocycles. The Hall–Kier alpha value is -2.34. The summed E-state index contributed by atoms with van der Waals surface area (Å²) in [6, 6.07) is 3.61. The number of hydrogen-bond donors (Lipinski definition) is 1. The maximum atomic E-state index is 13.7. The van der Waals surface area contributed by atoms with Gasteiger partial charge in [0.15, 0.2) is 0 Å². The fourth-order valence-corrected chi connectivity index (χ4v) is 2.04. The third kappa shape index (κ3) is 4.10. The Balaban J connectivity index is 2.27. The predicted molar refractivity (Wildman–Crippen MR) is 83.2 cm³/mol. The van der Waals surface area contributed by atoms with Crippen LogP contribution in [0.4, 0.5) is 4.39 Å². The summed E-state index contributed by atoms with van der Waals surface area (Å²) >= 11 is 5.94. The molecule has 0 amide bonds. The molecule has 1 N–H and O–H groups in total. The van der Waals surface area contributed by atoms with Gasteiger partial charge in [0.1, 0.15) is 17.3 Å². The van der Waals surface area contributed by atoms with Gasteiger partial charge in [-0.15, -0.1) is 0 Å². The second-order valence-electron chi connectivity index (χ2n) is 5.13. The smallest absolute Gasteiger partial charge is 0.338 e. The molecule has 23 heavy (non-hydrogen) atoms. The van der Waals surface area contributed by atoms with Gasteiger partial charge in [-0.05, 0) is 32.9 Å². The van der Waals surface area contributed by atoms with Gasteiger partial charge in [-0.25, -0.2) is 14.2 Å². The maximum Gasteiger partial charge on any atom is 0.338 e. The zero-order valence-corrected chi connectivity index (χ0v) is 13.5. The summed E-state index contributed by atoms with van der Waals surface area (Å²) in [5, 5.41) is 8.84. The molecule has 1 heterocycles. The Labute approximate surface area is 137 Å². The average Bonchev–Trinajstić information content (AvgIpc) is 2.44. The molecule has 0 fully saturated rings. The molecule has 0 radical (unpaired) electrons. The third-order valence-electron chi connectivity index (χ3n) is 2.83. The molecule has 0 atom stereocenters. The Bertz CT molecular complexity index is 749. The van der Waals surface area contributed by atoms with Crippen LogP contribution >= 0.6 is 11.6 Å². The minimum Gasteiger partial charge on any atom is -0.478 e. The maximum absolute atomic E-state index is 13.7. The van der Waals surface area contributed by atoms with Crippen molar-refractivity contribution in [1.82, 2.24) is 4.98 Å². The quantitative estimate of drug-likeness (QED) is 0.871. The summed E-state index contributed by atoms with van der Waals surface area (Å²) < 4.78 is 24.7.